The molecule has 0 saturated heterocycles. The summed E-state index contributed by atoms with van der Waals surface area (Å²) < 4.78 is 6.91. The van der Waals surface area contributed by atoms with E-state index in [9.17, 15) is 9.59 Å². The molecule has 0 spiro atoms. The summed E-state index contributed by atoms with van der Waals surface area (Å²) in [5, 5.41) is 7.14. The maximum Gasteiger partial charge on any atom is 0.328 e. The number of amides is 1. The molecule has 1 fully saturated rings. The zero-order valence-corrected chi connectivity index (χ0v) is 16.2. The fourth-order valence-electron chi connectivity index (χ4n) is 3.32. The molecule has 1 aromatic rings. The van der Waals surface area contributed by atoms with E-state index < -0.39 is 6.04 Å². The molecule has 0 aliphatic heterocycles. The van der Waals surface area contributed by atoms with Crippen molar-refractivity contribution < 1.29 is 14.3 Å². The second kappa shape index (κ2) is 9.85. The molecule has 25 heavy (non-hydrogen) atoms. The average Bonchev–Trinajstić information content (AvgIpc) is 3.07. The van der Waals surface area contributed by atoms with Crippen molar-refractivity contribution in [2.75, 3.05) is 18.6 Å². The Labute approximate surface area is 154 Å². The van der Waals surface area contributed by atoms with E-state index in [2.05, 4.69) is 17.3 Å². The Kier molecular flexibility index (Phi) is 7.81. The molecule has 0 bridgehead atoms. The first-order valence-corrected chi connectivity index (χ1v) is 10.4. The predicted molar refractivity (Wildman–Crippen MR) is 99.6 cm³/mol. The smallest absolute Gasteiger partial charge is 0.328 e. The van der Waals surface area contributed by atoms with Gasteiger partial charge in [0.15, 0.2) is 0 Å². The number of thioether (sulfide) groups is 1. The quantitative estimate of drug-likeness (QED) is 0.715. The lowest BCUT2D eigenvalue weighted by Crippen LogP contribution is -2.48. The Morgan fingerprint density at radius 2 is 2.12 bits per heavy atom. The lowest BCUT2D eigenvalue weighted by Gasteiger charge is -2.31. The topological polar surface area (TPSA) is 73.2 Å². The lowest BCUT2D eigenvalue weighted by molar-refractivity contribution is -0.147. The van der Waals surface area contributed by atoms with Gasteiger partial charge in [0.1, 0.15) is 11.7 Å². The number of carbonyl (C=O) groups excluding carboxylic acids is 2. The molecule has 1 N–H and O–H groups in total. The summed E-state index contributed by atoms with van der Waals surface area (Å²) in [6, 6.07) is 1.12. The van der Waals surface area contributed by atoms with Gasteiger partial charge in [0.05, 0.1) is 13.2 Å². The molecule has 1 aromatic heterocycles. The van der Waals surface area contributed by atoms with Crippen molar-refractivity contribution >= 4 is 23.6 Å². The van der Waals surface area contributed by atoms with E-state index in [4.69, 9.17) is 4.74 Å². The number of rotatable bonds is 8. The number of esters is 1. The number of carbonyl (C=O) groups is 2. The van der Waals surface area contributed by atoms with E-state index in [-0.39, 0.29) is 17.8 Å². The fourth-order valence-corrected chi connectivity index (χ4v) is 3.67. The van der Waals surface area contributed by atoms with Gasteiger partial charge in [-0.2, -0.15) is 16.9 Å². The highest BCUT2D eigenvalue weighted by molar-refractivity contribution is 7.98. The van der Waals surface area contributed by atoms with Gasteiger partial charge >= 0.3 is 5.97 Å². The molecule has 1 heterocycles. The first-order valence-electron chi connectivity index (χ1n) is 9.05. The Bertz CT molecular complexity index is 568. The SMILES string of the molecule is CCOC(=O)[C@@H](NC(=O)c1ccnn1CCSC)[C@H]1CC[C@H](C)CC1. The molecule has 1 amide bonds. The molecule has 6 nitrogen and oxygen atoms in total. The second-order valence-corrected chi connectivity index (χ2v) is 7.64. The summed E-state index contributed by atoms with van der Waals surface area (Å²) in [5.74, 6) is 1.12. The van der Waals surface area contributed by atoms with Crippen LogP contribution < -0.4 is 5.32 Å². The molecular formula is C18H29N3O3S. The minimum atomic E-state index is -0.580. The van der Waals surface area contributed by atoms with Crippen LogP contribution in [0.25, 0.3) is 0 Å². The summed E-state index contributed by atoms with van der Waals surface area (Å²) in [4.78, 5) is 25.2. The molecule has 1 atom stereocenters. The Morgan fingerprint density at radius 3 is 2.76 bits per heavy atom. The zero-order valence-electron chi connectivity index (χ0n) is 15.4. The third-order valence-electron chi connectivity index (χ3n) is 4.82. The van der Waals surface area contributed by atoms with Gasteiger partial charge in [0.2, 0.25) is 0 Å². The molecule has 140 valence electrons. The average molecular weight is 368 g/mol. The van der Waals surface area contributed by atoms with Crippen molar-refractivity contribution in [2.45, 2.75) is 52.1 Å². The van der Waals surface area contributed by atoms with E-state index >= 15 is 0 Å². The van der Waals surface area contributed by atoms with Gasteiger partial charge < -0.3 is 10.1 Å². The standard InChI is InChI=1S/C18H29N3O3S/c1-4-24-18(23)16(14-7-5-13(2)6-8-14)20-17(22)15-9-10-19-21(15)11-12-25-3/h9-10,13-14,16H,4-8,11-12H2,1-3H3,(H,20,22)/t13-,14-,16-/m0/s1. The molecule has 0 aromatic carbocycles. The van der Waals surface area contributed by atoms with Crippen LogP contribution in [0.3, 0.4) is 0 Å². The van der Waals surface area contributed by atoms with Crippen LogP contribution in [0.5, 0.6) is 0 Å². The van der Waals surface area contributed by atoms with Gasteiger partial charge in [-0.25, -0.2) is 4.79 Å². The predicted octanol–water partition coefficient (Wildman–Crippen LogP) is 2.73. The lowest BCUT2D eigenvalue weighted by atomic mass is 9.79. The maximum atomic E-state index is 12.7. The monoisotopic (exact) mass is 367 g/mol. The van der Waals surface area contributed by atoms with Gasteiger partial charge in [-0.1, -0.05) is 19.8 Å². The molecular weight excluding hydrogens is 338 g/mol. The van der Waals surface area contributed by atoms with E-state index in [1.807, 2.05) is 6.26 Å². The van der Waals surface area contributed by atoms with Crippen LogP contribution in [0.15, 0.2) is 12.3 Å². The van der Waals surface area contributed by atoms with Crippen molar-refractivity contribution in [2.24, 2.45) is 11.8 Å². The van der Waals surface area contributed by atoms with Gasteiger partial charge in [-0.05, 0) is 43.9 Å². The first kappa shape index (κ1) is 19.8. The van der Waals surface area contributed by atoms with Crippen LogP contribution in [-0.2, 0) is 16.1 Å². The number of ether oxygens (including phenoxy) is 1. The summed E-state index contributed by atoms with van der Waals surface area (Å²) >= 11 is 1.70. The van der Waals surface area contributed by atoms with E-state index in [1.54, 1.807) is 35.6 Å². The number of hydrogen-bond acceptors (Lipinski definition) is 5. The molecule has 1 aliphatic rings. The van der Waals surface area contributed by atoms with Gasteiger partial charge in [-0.3, -0.25) is 9.48 Å². The molecule has 0 unspecified atom stereocenters. The largest absolute Gasteiger partial charge is 0.464 e. The summed E-state index contributed by atoms with van der Waals surface area (Å²) in [5.41, 5.74) is 0.493. The third kappa shape index (κ3) is 5.49. The van der Waals surface area contributed by atoms with Crippen LogP contribution in [-0.4, -0.2) is 46.3 Å². The van der Waals surface area contributed by atoms with E-state index in [0.717, 1.165) is 31.4 Å². The fraction of sp³-hybridized carbons (Fsp3) is 0.722. The van der Waals surface area contributed by atoms with Crippen LogP contribution in [0.1, 0.15) is 50.0 Å². The van der Waals surface area contributed by atoms with Crippen molar-refractivity contribution in [3.05, 3.63) is 18.0 Å². The second-order valence-electron chi connectivity index (χ2n) is 6.66. The van der Waals surface area contributed by atoms with Crippen LogP contribution in [0.2, 0.25) is 0 Å². The number of nitrogens with one attached hydrogen (secondary N) is 1. The zero-order chi connectivity index (χ0) is 18.2. The number of nitrogens with zero attached hydrogens (tertiary/aromatic N) is 2. The van der Waals surface area contributed by atoms with E-state index in [0.29, 0.717) is 24.8 Å². The normalized spacial score (nSPS) is 21.6. The van der Waals surface area contributed by atoms with Gasteiger partial charge in [-0.15, -0.1) is 0 Å². The Morgan fingerprint density at radius 1 is 1.40 bits per heavy atom. The number of hydrogen-bond donors (Lipinski definition) is 1. The van der Waals surface area contributed by atoms with Gasteiger partial charge in [0, 0.05) is 11.9 Å². The van der Waals surface area contributed by atoms with Crippen LogP contribution in [0.4, 0.5) is 0 Å². The Hall–Kier alpha value is -1.50. The van der Waals surface area contributed by atoms with Crippen molar-refractivity contribution in [3.63, 3.8) is 0 Å². The highest BCUT2D eigenvalue weighted by atomic mass is 32.2. The van der Waals surface area contributed by atoms with Crippen molar-refractivity contribution in [1.82, 2.24) is 15.1 Å². The van der Waals surface area contributed by atoms with E-state index in [1.165, 1.54) is 0 Å². The molecule has 1 aliphatic carbocycles. The number of aryl methyl sites for hydroxylation is 1. The van der Waals surface area contributed by atoms with Crippen LogP contribution in [0, 0.1) is 11.8 Å². The minimum Gasteiger partial charge on any atom is -0.464 e. The molecule has 1 saturated carbocycles. The summed E-state index contributed by atoms with van der Waals surface area (Å²) in [6.45, 7) is 5.01. The Balaban J connectivity index is 2.09. The maximum absolute atomic E-state index is 12.7. The molecule has 0 radical (unpaired) electrons. The highest BCUT2D eigenvalue weighted by Crippen LogP contribution is 2.31. The third-order valence-corrected chi connectivity index (χ3v) is 5.41. The summed E-state index contributed by atoms with van der Waals surface area (Å²) in [6.07, 6.45) is 7.69. The van der Waals surface area contributed by atoms with Gasteiger partial charge in [0.25, 0.3) is 5.91 Å². The van der Waals surface area contributed by atoms with Crippen molar-refractivity contribution in [1.29, 1.82) is 0 Å². The summed E-state index contributed by atoms with van der Waals surface area (Å²) in [7, 11) is 0. The molecule has 2 rings (SSSR count). The minimum absolute atomic E-state index is 0.141. The molecule has 7 heteroatoms. The van der Waals surface area contributed by atoms with Crippen LogP contribution >= 0.6 is 11.8 Å². The van der Waals surface area contributed by atoms with Crippen molar-refractivity contribution in [3.8, 4) is 0 Å². The highest BCUT2D eigenvalue weighted by Gasteiger charge is 2.34. The first-order chi connectivity index (χ1) is 12.1. The number of aromatic nitrogens is 2.